The zero-order valence-electron chi connectivity index (χ0n) is 10.4. The van der Waals surface area contributed by atoms with Crippen LogP contribution in [0.4, 0.5) is 0 Å². The summed E-state index contributed by atoms with van der Waals surface area (Å²) in [6, 6.07) is 0. The van der Waals surface area contributed by atoms with Gasteiger partial charge in [0.05, 0.1) is 0 Å². The average molecular weight is 191 g/mol. The molecule has 1 atom stereocenters. The molecule has 0 heterocycles. The molecule has 0 radical (unpaired) electrons. The highest BCUT2D eigenvalue weighted by atomic mass is 16.1. The lowest BCUT2D eigenvalue weighted by Crippen LogP contribution is -2.25. The molecule has 0 saturated heterocycles. The van der Waals surface area contributed by atoms with E-state index in [1.54, 1.807) is 6.92 Å². The summed E-state index contributed by atoms with van der Waals surface area (Å²) in [6.45, 7) is 14.6. The molecule has 0 aromatic carbocycles. The molecule has 84 valence electrons. The molecule has 0 aliphatic carbocycles. The number of nitrogens with one attached hydrogen (secondary N) is 1. The van der Waals surface area contributed by atoms with Crippen LogP contribution in [0.3, 0.4) is 0 Å². The van der Waals surface area contributed by atoms with Crippen LogP contribution in [-0.4, -0.2) is 12.5 Å². The fourth-order valence-corrected chi connectivity index (χ4v) is 0.462. The summed E-state index contributed by atoms with van der Waals surface area (Å²) in [5.74, 6) is 0.671. The Morgan fingerprint density at radius 1 is 1.31 bits per heavy atom. The smallest absolute Gasteiger partial charge is 0.216 e. The summed E-state index contributed by atoms with van der Waals surface area (Å²) in [7, 11) is 0. The second kappa shape index (κ2) is 17.5. The monoisotopic (exact) mass is 191 g/mol. The van der Waals surface area contributed by atoms with Crippen LogP contribution in [0.15, 0.2) is 0 Å². The maximum absolute atomic E-state index is 10.4. The number of amides is 1. The molecule has 13 heavy (non-hydrogen) atoms. The van der Waals surface area contributed by atoms with E-state index in [1.807, 2.05) is 27.7 Å². The number of carbonyl (C=O) groups is 1. The van der Waals surface area contributed by atoms with Gasteiger partial charge in [-0.2, -0.15) is 0 Å². The molecule has 2 nitrogen and oxygen atoms in total. The van der Waals surface area contributed by atoms with Crippen LogP contribution in [-0.2, 0) is 4.79 Å². The molecule has 2 heteroatoms. The Hall–Kier alpha value is -0.530. The third-order valence-electron chi connectivity index (χ3n) is 1.40. The van der Waals surface area contributed by atoms with Crippen LogP contribution in [0.5, 0.6) is 0 Å². The fraction of sp³-hybridized carbons (Fsp3) is 0.909. The Kier molecular flexibility index (Phi) is 24.7. The van der Waals surface area contributed by atoms with Crippen LogP contribution in [0, 0.1) is 5.92 Å². The Morgan fingerprint density at radius 2 is 1.69 bits per heavy atom. The van der Waals surface area contributed by atoms with Crippen LogP contribution in [0.25, 0.3) is 0 Å². The van der Waals surface area contributed by atoms with E-state index in [1.165, 1.54) is 0 Å². The predicted octanol–water partition coefficient (Wildman–Crippen LogP) is 3.47. The van der Waals surface area contributed by atoms with Gasteiger partial charge in [-0.1, -0.05) is 48.0 Å². The van der Waals surface area contributed by atoms with Gasteiger partial charge in [0.2, 0.25) is 5.91 Å². The van der Waals surface area contributed by atoms with E-state index in [2.05, 4.69) is 19.2 Å². The second-order valence-electron chi connectivity index (χ2n) is 2.45. The maximum Gasteiger partial charge on any atom is 0.216 e. The molecule has 0 bridgehead atoms. The largest absolute Gasteiger partial charge is 0.356 e. The van der Waals surface area contributed by atoms with Gasteiger partial charge < -0.3 is 5.32 Å². The lowest BCUT2D eigenvalue weighted by atomic mass is 10.1. The molecular weight excluding hydrogens is 162 g/mol. The predicted molar refractivity (Wildman–Crippen MR) is 62.9 cm³/mol. The van der Waals surface area contributed by atoms with Crippen molar-refractivity contribution in [2.75, 3.05) is 6.54 Å². The second-order valence-corrected chi connectivity index (χ2v) is 2.45. The van der Waals surface area contributed by atoms with Crippen molar-refractivity contribution in [2.24, 2.45) is 5.92 Å². The number of carbonyl (C=O) groups excluding carboxylic acids is 1. The summed E-state index contributed by atoms with van der Waals surface area (Å²) in [4.78, 5) is 10.4. The SMILES string of the molecule is CC.CC.CCC(C)CNC(C)=O.[HH]. The van der Waals surface area contributed by atoms with E-state index in [-0.39, 0.29) is 7.33 Å². The molecule has 0 aliphatic heterocycles. The zero-order valence-corrected chi connectivity index (χ0v) is 10.4. The third-order valence-corrected chi connectivity index (χ3v) is 1.40. The van der Waals surface area contributed by atoms with Gasteiger partial charge in [-0.05, 0) is 5.92 Å². The number of rotatable bonds is 3. The van der Waals surface area contributed by atoms with Gasteiger partial charge in [-0.15, -0.1) is 0 Å². The van der Waals surface area contributed by atoms with Gasteiger partial charge in [0.15, 0.2) is 0 Å². The lowest BCUT2D eigenvalue weighted by Gasteiger charge is -2.07. The molecule has 1 unspecified atom stereocenters. The molecule has 0 aliphatic rings. The topological polar surface area (TPSA) is 29.1 Å². The Labute approximate surface area is 85.6 Å². The summed E-state index contributed by atoms with van der Waals surface area (Å²) >= 11 is 0. The summed E-state index contributed by atoms with van der Waals surface area (Å²) in [5, 5.41) is 2.76. The first-order chi connectivity index (χ1) is 6.16. The molecule has 0 fully saturated rings. The highest BCUT2D eigenvalue weighted by molar-refractivity contribution is 5.72. The Bertz CT molecular complexity index is 97.3. The molecule has 0 aromatic heterocycles. The molecule has 0 rings (SSSR count). The molecule has 0 spiro atoms. The molecule has 0 saturated carbocycles. The highest BCUT2D eigenvalue weighted by Gasteiger charge is 1.97. The van der Waals surface area contributed by atoms with Gasteiger partial charge in [-0.25, -0.2) is 0 Å². The van der Waals surface area contributed by atoms with Crippen LogP contribution >= 0.6 is 0 Å². The van der Waals surface area contributed by atoms with Gasteiger partial charge in [0.25, 0.3) is 0 Å². The van der Waals surface area contributed by atoms with E-state index in [0.29, 0.717) is 5.92 Å². The van der Waals surface area contributed by atoms with Crippen molar-refractivity contribution in [1.82, 2.24) is 5.32 Å². The first-order valence-corrected chi connectivity index (χ1v) is 5.41. The van der Waals surface area contributed by atoms with Crippen molar-refractivity contribution in [2.45, 2.75) is 54.9 Å². The normalized spacial score (nSPS) is 9.77. The highest BCUT2D eigenvalue weighted by Crippen LogP contribution is 1.96. The van der Waals surface area contributed by atoms with E-state index >= 15 is 0 Å². The summed E-state index contributed by atoms with van der Waals surface area (Å²) in [5.41, 5.74) is 0. The van der Waals surface area contributed by atoms with Crippen LogP contribution in [0.2, 0.25) is 0 Å². The van der Waals surface area contributed by atoms with Crippen molar-refractivity contribution < 1.29 is 6.22 Å². The standard InChI is InChI=1S/C7H15NO.2C2H6.H2/c1-4-6(2)5-8-7(3)9;2*1-2;/h6H,4-5H2,1-3H3,(H,8,9);2*1-2H3;1H. The van der Waals surface area contributed by atoms with E-state index in [9.17, 15) is 4.79 Å². The molecule has 1 N–H and O–H groups in total. The van der Waals surface area contributed by atoms with Crippen molar-refractivity contribution >= 4 is 5.91 Å². The minimum Gasteiger partial charge on any atom is -0.356 e. The fourth-order valence-electron chi connectivity index (χ4n) is 0.462. The third kappa shape index (κ3) is 24.6. The maximum atomic E-state index is 10.4. The minimum atomic E-state index is 0. The number of hydrogen-bond donors (Lipinski definition) is 1. The zero-order chi connectivity index (χ0) is 11.3. The van der Waals surface area contributed by atoms with Gasteiger partial charge in [0.1, 0.15) is 0 Å². The lowest BCUT2D eigenvalue weighted by molar-refractivity contribution is -0.119. The van der Waals surface area contributed by atoms with E-state index in [4.69, 9.17) is 0 Å². The van der Waals surface area contributed by atoms with Crippen molar-refractivity contribution in [3.63, 3.8) is 0 Å². The van der Waals surface area contributed by atoms with Crippen molar-refractivity contribution in [3.05, 3.63) is 0 Å². The first kappa shape index (κ1) is 18.3. The van der Waals surface area contributed by atoms with Crippen molar-refractivity contribution in [3.8, 4) is 0 Å². The number of hydrogen-bond acceptors (Lipinski definition) is 1. The van der Waals surface area contributed by atoms with Crippen LogP contribution < -0.4 is 5.32 Å². The summed E-state index contributed by atoms with van der Waals surface area (Å²) < 4.78 is 0. The van der Waals surface area contributed by atoms with Crippen LogP contribution in [0.1, 0.15) is 56.3 Å². The summed E-state index contributed by atoms with van der Waals surface area (Å²) in [6.07, 6.45) is 1.13. The quantitative estimate of drug-likeness (QED) is 0.727. The molecule has 1 amide bonds. The van der Waals surface area contributed by atoms with E-state index < -0.39 is 0 Å². The molecule has 0 aromatic rings. The van der Waals surface area contributed by atoms with Gasteiger partial charge in [0, 0.05) is 14.9 Å². The van der Waals surface area contributed by atoms with Gasteiger partial charge in [-0.3, -0.25) is 4.79 Å². The minimum absolute atomic E-state index is 0. The molecular formula is C11H29NO. The Morgan fingerprint density at radius 3 is 1.92 bits per heavy atom. The average Bonchev–Trinajstić information content (AvgIpc) is 2.20. The van der Waals surface area contributed by atoms with Gasteiger partial charge >= 0.3 is 0 Å². The first-order valence-electron chi connectivity index (χ1n) is 5.41. The van der Waals surface area contributed by atoms with Crippen molar-refractivity contribution in [1.29, 1.82) is 0 Å². The Balaban J connectivity index is -0.0000000883. The van der Waals surface area contributed by atoms with E-state index in [0.717, 1.165) is 13.0 Å².